The number of aromatic amines is 1. The molecule has 1 aromatic carbocycles. The van der Waals surface area contributed by atoms with Crippen LogP contribution in [0.2, 0.25) is 0 Å². The first kappa shape index (κ1) is 20.3. The fourth-order valence-electron chi connectivity index (χ4n) is 4.24. The van der Waals surface area contributed by atoms with Gasteiger partial charge in [-0.2, -0.15) is 0 Å². The molecule has 3 heterocycles. The number of H-pyrrole nitrogens is 1. The summed E-state index contributed by atoms with van der Waals surface area (Å²) in [5.74, 6) is 0.902. The largest absolute Gasteiger partial charge is 0.342 e. The Hall–Kier alpha value is -3.03. The fraction of sp³-hybridized carbons (Fsp3) is 0.500. The van der Waals surface area contributed by atoms with Crippen LogP contribution in [0.5, 0.6) is 0 Å². The lowest BCUT2D eigenvalue weighted by Crippen LogP contribution is -2.42. The van der Waals surface area contributed by atoms with Crippen molar-refractivity contribution in [2.45, 2.75) is 52.0 Å². The molecule has 1 saturated heterocycles. The molecule has 0 radical (unpaired) electrons. The van der Waals surface area contributed by atoms with E-state index in [1.54, 1.807) is 4.68 Å². The highest BCUT2D eigenvalue weighted by Gasteiger charge is 2.29. The standard InChI is InChI=1S/C22H28N6O2/c1-3-16(4-2)22(30)27-12-8-11-17(14-27)19-23-20-18(21(29)24-19)25-26-28(20)13-15-9-6-5-7-10-15/h5-7,9-10,16-17H,3-4,8,11-14H2,1-2H3,(H,23,24,29)/t17-/m0/s1. The Morgan fingerprint density at radius 2 is 2.00 bits per heavy atom. The molecule has 3 aromatic rings. The van der Waals surface area contributed by atoms with Gasteiger partial charge in [-0.25, -0.2) is 9.67 Å². The van der Waals surface area contributed by atoms with Gasteiger partial charge in [0.1, 0.15) is 5.82 Å². The van der Waals surface area contributed by atoms with Crippen molar-refractivity contribution in [2.75, 3.05) is 13.1 Å². The first-order valence-corrected chi connectivity index (χ1v) is 10.8. The highest BCUT2D eigenvalue weighted by atomic mass is 16.2. The molecule has 0 bridgehead atoms. The van der Waals surface area contributed by atoms with Gasteiger partial charge in [0.05, 0.1) is 6.54 Å². The summed E-state index contributed by atoms with van der Waals surface area (Å²) in [4.78, 5) is 35.0. The number of likely N-dealkylation sites (tertiary alicyclic amines) is 1. The number of carbonyl (C=O) groups excluding carboxylic acids is 1. The summed E-state index contributed by atoms with van der Waals surface area (Å²) < 4.78 is 1.67. The van der Waals surface area contributed by atoms with Crippen LogP contribution < -0.4 is 5.56 Å². The van der Waals surface area contributed by atoms with E-state index in [2.05, 4.69) is 29.1 Å². The fourth-order valence-corrected chi connectivity index (χ4v) is 4.24. The molecule has 0 unspecified atom stereocenters. The van der Waals surface area contributed by atoms with Gasteiger partial charge in [-0.05, 0) is 31.2 Å². The lowest BCUT2D eigenvalue weighted by molar-refractivity contribution is -0.137. The Balaban J connectivity index is 1.61. The van der Waals surface area contributed by atoms with Crippen LogP contribution in [0, 0.1) is 5.92 Å². The van der Waals surface area contributed by atoms with Crippen LogP contribution in [0.25, 0.3) is 11.2 Å². The number of hydrogen-bond acceptors (Lipinski definition) is 5. The summed E-state index contributed by atoms with van der Waals surface area (Å²) in [6.45, 7) is 5.97. The van der Waals surface area contributed by atoms with E-state index in [-0.39, 0.29) is 28.8 Å². The van der Waals surface area contributed by atoms with Crippen molar-refractivity contribution in [3.05, 3.63) is 52.1 Å². The van der Waals surface area contributed by atoms with E-state index >= 15 is 0 Å². The molecule has 8 heteroatoms. The van der Waals surface area contributed by atoms with Crippen LogP contribution in [0.4, 0.5) is 0 Å². The number of benzene rings is 1. The van der Waals surface area contributed by atoms with Crippen molar-refractivity contribution in [3.63, 3.8) is 0 Å². The van der Waals surface area contributed by atoms with Gasteiger partial charge in [-0.15, -0.1) is 5.10 Å². The summed E-state index contributed by atoms with van der Waals surface area (Å²) in [7, 11) is 0. The zero-order valence-corrected chi connectivity index (χ0v) is 17.5. The molecule has 8 nitrogen and oxygen atoms in total. The molecule has 1 aliphatic heterocycles. The van der Waals surface area contributed by atoms with Crippen molar-refractivity contribution < 1.29 is 4.79 Å². The van der Waals surface area contributed by atoms with Gasteiger partial charge in [-0.3, -0.25) is 9.59 Å². The first-order valence-electron chi connectivity index (χ1n) is 10.8. The van der Waals surface area contributed by atoms with Crippen LogP contribution in [0.15, 0.2) is 35.1 Å². The second kappa shape index (κ2) is 8.77. The zero-order chi connectivity index (χ0) is 21.1. The van der Waals surface area contributed by atoms with Crippen molar-refractivity contribution in [1.29, 1.82) is 0 Å². The number of nitrogens with one attached hydrogen (secondary N) is 1. The molecular formula is C22H28N6O2. The molecule has 0 aliphatic carbocycles. The van der Waals surface area contributed by atoms with E-state index in [1.807, 2.05) is 35.2 Å². The monoisotopic (exact) mass is 408 g/mol. The van der Waals surface area contributed by atoms with E-state index in [0.717, 1.165) is 37.8 Å². The molecule has 1 amide bonds. The maximum Gasteiger partial charge on any atom is 0.281 e. The molecule has 30 heavy (non-hydrogen) atoms. The molecule has 158 valence electrons. The van der Waals surface area contributed by atoms with Gasteiger partial charge in [0.15, 0.2) is 11.2 Å². The number of aromatic nitrogens is 5. The van der Waals surface area contributed by atoms with E-state index in [1.165, 1.54) is 0 Å². The predicted molar refractivity (Wildman–Crippen MR) is 114 cm³/mol. The van der Waals surface area contributed by atoms with Gasteiger partial charge in [0.25, 0.3) is 5.56 Å². The van der Waals surface area contributed by atoms with Crippen molar-refractivity contribution >= 4 is 17.1 Å². The average molecular weight is 409 g/mol. The van der Waals surface area contributed by atoms with Crippen molar-refractivity contribution in [3.8, 4) is 0 Å². The highest BCUT2D eigenvalue weighted by molar-refractivity contribution is 5.79. The van der Waals surface area contributed by atoms with Crippen LogP contribution in [-0.4, -0.2) is 48.9 Å². The predicted octanol–water partition coefficient (Wildman–Crippen LogP) is 2.71. The van der Waals surface area contributed by atoms with Gasteiger partial charge < -0.3 is 9.88 Å². The summed E-state index contributed by atoms with van der Waals surface area (Å²) >= 11 is 0. The summed E-state index contributed by atoms with van der Waals surface area (Å²) in [6, 6.07) is 9.90. The molecule has 0 spiro atoms. The van der Waals surface area contributed by atoms with Crippen LogP contribution in [0.3, 0.4) is 0 Å². The number of piperidine rings is 1. The number of rotatable bonds is 6. The number of hydrogen-bond donors (Lipinski definition) is 1. The highest BCUT2D eigenvalue weighted by Crippen LogP contribution is 2.26. The summed E-state index contributed by atoms with van der Waals surface area (Å²) in [5.41, 5.74) is 1.52. The third-order valence-electron chi connectivity index (χ3n) is 6.02. The quantitative estimate of drug-likeness (QED) is 0.676. The minimum absolute atomic E-state index is 0.00855. The van der Waals surface area contributed by atoms with Crippen molar-refractivity contribution in [1.82, 2.24) is 29.9 Å². The molecule has 0 saturated carbocycles. The normalized spacial score (nSPS) is 17.0. The van der Waals surface area contributed by atoms with Crippen molar-refractivity contribution in [2.24, 2.45) is 5.92 Å². The van der Waals surface area contributed by atoms with Gasteiger partial charge >= 0.3 is 0 Å². The Morgan fingerprint density at radius 1 is 1.23 bits per heavy atom. The number of nitrogens with zero attached hydrogens (tertiary/aromatic N) is 5. The lowest BCUT2D eigenvalue weighted by atomic mass is 9.94. The zero-order valence-electron chi connectivity index (χ0n) is 17.5. The average Bonchev–Trinajstić information content (AvgIpc) is 3.18. The molecule has 2 aromatic heterocycles. The Morgan fingerprint density at radius 3 is 2.73 bits per heavy atom. The summed E-state index contributed by atoms with van der Waals surface area (Å²) in [5, 5.41) is 8.18. The van der Waals surface area contributed by atoms with E-state index in [0.29, 0.717) is 24.6 Å². The van der Waals surface area contributed by atoms with E-state index in [4.69, 9.17) is 4.98 Å². The van der Waals surface area contributed by atoms with Gasteiger partial charge in [0.2, 0.25) is 5.91 Å². The molecule has 4 rings (SSSR count). The first-order chi connectivity index (χ1) is 14.6. The van der Waals surface area contributed by atoms with Gasteiger partial charge in [-0.1, -0.05) is 49.4 Å². The Bertz CT molecular complexity index is 1070. The van der Waals surface area contributed by atoms with Crippen LogP contribution >= 0.6 is 0 Å². The summed E-state index contributed by atoms with van der Waals surface area (Å²) in [6.07, 6.45) is 3.49. The minimum atomic E-state index is -0.280. The van der Waals surface area contributed by atoms with E-state index < -0.39 is 0 Å². The van der Waals surface area contributed by atoms with Crippen LogP contribution in [0.1, 0.15) is 56.8 Å². The molecule has 1 fully saturated rings. The van der Waals surface area contributed by atoms with Gasteiger partial charge in [0, 0.05) is 24.9 Å². The van der Waals surface area contributed by atoms with E-state index in [9.17, 15) is 9.59 Å². The molecule has 1 N–H and O–H groups in total. The Kier molecular flexibility index (Phi) is 5.92. The second-order valence-corrected chi connectivity index (χ2v) is 7.99. The SMILES string of the molecule is CCC(CC)C(=O)N1CCC[C@H](c2nc3c(nnn3Cc3ccccc3)c(=O)[nH]2)C1. The molecule has 1 atom stereocenters. The number of carbonyl (C=O) groups is 1. The topological polar surface area (TPSA) is 96.8 Å². The van der Waals surface area contributed by atoms with Crippen LogP contribution in [-0.2, 0) is 11.3 Å². The molecular weight excluding hydrogens is 380 g/mol. The number of amides is 1. The third-order valence-corrected chi connectivity index (χ3v) is 6.02. The smallest absolute Gasteiger partial charge is 0.281 e. The molecule has 1 aliphatic rings. The second-order valence-electron chi connectivity index (χ2n) is 7.99. The maximum absolute atomic E-state index is 12.8. The third kappa shape index (κ3) is 3.99. The Labute approximate surface area is 175 Å². The number of fused-ring (bicyclic) bond motifs is 1. The minimum Gasteiger partial charge on any atom is -0.342 e. The lowest BCUT2D eigenvalue weighted by Gasteiger charge is -2.34. The maximum atomic E-state index is 12.8.